The molecule has 1 aliphatic rings. The minimum absolute atomic E-state index is 0.179. The number of piperazine rings is 1. The van der Waals surface area contributed by atoms with Gasteiger partial charge in [0, 0.05) is 38.9 Å². The van der Waals surface area contributed by atoms with Gasteiger partial charge in [-0.1, -0.05) is 36.0 Å². The Kier molecular flexibility index (Phi) is 6.14. The first-order chi connectivity index (χ1) is 13.8. The van der Waals surface area contributed by atoms with Crippen molar-refractivity contribution >= 4 is 23.2 Å². The first-order valence-corrected chi connectivity index (χ1v) is 10.5. The molecule has 0 bridgehead atoms. The van der Waals surface area contributed by atoms with Gasteiger partial charge in [-0.15, -0.1) is 0 Å². The lowest BCUT2D eigenvalue weighted by Gasteiger charge is -2.34. The van der Waals surface area contributed by atoms with Crippen LogP contribution in [-0.4, -0.2) is 70.2 Å². The SMILES string of the molecule is O=C(CSc1ncc2ccccn12)N1CCN(CCOc2ccccc2)CC1. The zero-order valence-corrected chi connectivity index (χ0v) is 16.6. The maximum atomic E-state index is 12.6. The highest BCUT2D eigenvalue weighted by Gasteiger charge is 2.21. The van der Waals surface area contributed by atoms with Crippen molar-refractivity contribution in [2.24, 2.45) is 0 Å². The fraction of sp³-hybridized carbons (Fsp3) is 0.333. The third-order valence-electron chi connectivity index (χ3n) is 4.87. The lowest BCUT2D eigenvalue weighted by atomic mass is 10.3. The summed E-state index contributed by atoms with van der Waals surface area (Å²) < 4.78 is 7.78. The number of carbonyl (C=O) groups excluding carboxylic acids is 1. The molecule has 1 aliphatic heterocycles. The molecule has 3 aromatic rings. The number of hydrogen-bond donors (Lipinski definition) is 0. The largest absolute Gasteiger partial charge is 0.492 e. The maximum Gasteiger partial charge on any atom is 0.233 e. The van der Waals surface area contributed by atoms with Crippen molar-refractivity contribution in [3.63, 3.8) is 0 Å². The first kappa shape index (κ1) is 18.8. The number of carbonyl (C=O) groups is 1. The molecule has 1 fully saturated rings. The number of fused-ring (bicyclic) bond motifs is 1. The van der Waals surface area contributed by atoms with Gasteiger partial charge < -0.3 is 9.64 Å². The molecule has 1 aromatic carbocycles. The number of hydrogen-bond acceptors (Lipinski definition) is 5. The highest BCUT2D eigenvalue weighted by Crippen LogP contribution is 2.19. The Hall–Kier alpha value is -2.51. The lowest BCUT2D eigenvalue weighted by molar-refractivity contribution is -0.130. The molecule has 0 atom stereocenters. The number of imidazole rings is 1. The predicted octanol–water partition coefficient (Wildman–Crippen LogP) is 2.65. The monoisotopic (exact) mass is 396 g/mol. The Morgan fingerprint density at radius 1 is 1.04 bits per heavy atom. The molecular weight excluding hydrogens is 372 g/mol. The molecule has 0 radical (unpaired) electrons. The van der Waals surface area contributed by atoms with Crippen molar-refractivity contribution in [1.82, 2.24) is 19.2 Å². The lowest BCUT2D eigenvalue weighted by Crippen LogP contribution is -2.50. The summed E-state index contributed by atoms with van der Waals surface area (Å²) in [5.74, 6) is 1.50. The van der Waals surface area contributed by atoms with E-state index < -0.39 is 0 Å². The minimum Gasteiger partial charge on any atom is -0.492 e. The van der Waals surface area contributed by atoms with Gasteiger partial charge in [0.05, 0.1) is 17.5 Å². The molecule has 28 heavy (non-hydrogen) atoms. The second-order valence-corrected chi connectivity index (χ2v) is 7.65. The van der Waals surface area contributed by atoms with Crippen LogP contribution in [0, 0.1) is 0 Å². The molecule has 0 spiro atoms. The summed E-state index contributed by atoms with van der Waals surface area (Å²) >= 11 is 1.50. The summed E-state index contributed by atoms with van der Waals surface area (Å²) in [7, 11) is 0. The molecule has 3 heterocycles. The van der Waals surface area contributed by atoms with E-state index >= 15 is 0 Å². The molecule has 6 nitrogen and oxygen atoms in total. The van der Waals surface area contributed by atoms with Crippen molar-refractivity contribution in [1.29, 1.82) is 0 Å². The molecule has 0 aliphatic carbocycles. The second-order valence-electron chi connectivity index (χ2n) is 6.71. The van der Waals surface area contributed by atoms with Gasteiger partial charge in [0.15, 0.2) is 5.16 Å². The van der Waals surface area contributed by atoms with Crippen molar-refractivity contribution in [2.75, 3.05) is 45.1 Å². The van der Waals surface area contributed by atoms with Gasteiger partial charge in [0.1, 0.15) is 12.4 Å². The third-order valence-corrected chi connectivity index (χ3v) is 5.83. The zero-order valence-electron chi connectivity index (χ0n) is 15.7. The third kappa shape index (κ3) is 4.66. The summed E-state index contributed by atoms with van der Waals surface area (Å²) in [5.41, 5.74) is 1.05. The Morgan fingerprint density at radius 3 is 2.64 bits per heavy atom. The fourth-order valence-electron chi connectivity index (χ4n) is 3.27. The molecular formula is C21H24N4O2S. The Labute approximate surface area is 169 Å². The highest BCUT2D eigenvalue weighted by molar-refractivity contribution is 7.99. The van der Waals surface area contributed by atoms with Crippen molar-refractivity contribution < 1.29 is 9.53 Å². The van der Waals surface area contributed by atoms with Crippen molar-refractivity contribution in [3.8, 4) is 5.75 Å². The van der Waals surface area contributed by atoms with E-state index in [0.717, 1.165) is 49.1 Å². The average Bonchev–Trinajstić information content (AvgIpc) is 3.16. The average molecular weight is 397 g/mol. The van der Waals surface area contributed by atoms with Gasteiger partial charge in [0.25, 0.3) is 0 Å². The normalized spacial score (nSPS) is 15.1. The van der Waals surface area contributed by atoms with Gasteiger partial charge in [-0.3, -0.25) is 14.1 Å². The topological polar surface area (TPSA) is 50.1 Å². The van der Waals surface area contributed by atoms with Crippen LogP contribution in [0.4, 0.5) is 0 Å². The Morgan fingerprint density at radius 2 is 1.82 bits per heavy atom. The van der Waals surface area contributed by atoms with Crippen LogP contribution in [0.1, 0.15) is 0 Å². The summed E-state index contributed by atoms with van der Waals surface area (Å²) in [6.45, 7) is 4.87. The van der Waals surface area contributed by atoms with E-state index in [4.69, 9.17) is 4.74 Å². The number of aromatic nitrogens is 2. The quantitative estimate of drug-likeness (QED) is 0.575. The summed E-state index contributed by atoms with van der Waals surface area (Å²) in [5, 5.41) is 0.862. The molecule has 0 unspecified atom stereocenters. The van der Waals surface area contributed by atoms with Gasteiger partial charge >= 0.3 is 0 Å². The van der Waals surface area contributed by atoms with Crippen LogP contribution in [0.5, 0.6) is 5.75 Å². The van der Waals surface area contributed by atoms with Gasteiger partial charge in [-0.25, -0.2) is 4.98 Å². The van der Waals surface area contributed by atoms with E-state index in [-0.39, 0.29) is 5.91 Å². The van der Waals surface area contributed by atoms with Crippen LogP contribution < -0.4 is 4.74 Å². The summed E-state index contributed by atoms with van der Waals surface area (Å²) in [4.78, 5) is 21.3. The standard InChI is InChI=1S/C21H24N4O2S/c26-20(17-28-21-22-16-18-6-4-5-9-25(18)21)24-12-10-23(11-13-24)14-15-27-19-7-2-1-3-8-19/h1-9,16H,10-15,17H2. The van der Waals surface area contributed by atoms with E-state index in [9.17, 15) is 4.79 Å². The van der Waals surface area contributed by atoms with Crippen LogP contribution in [-0.2, 0) is 4.79 Å². The second kappa shape index (κ2) is 9.12. The molecule has 2 aromatic heterocycles. The predicted molar refractivity (Wildman–Crippen MR) is 111 cm³/mol. The molecule has 1 amide bonds. The maximum absolute atomic E-state index is 12.6. The Balaban J connectivity index is 1.19. The number of para-hydroxylation sites is 1. The zero-order chi connectivity index (χ0) is 19.2. The van der Waals surface area contributed by atoms with E-state index in [1.165, 1.54) is 11.8 Å². The van der Waals surface area contributed by atoms with Gasteiger partial charge in [0.2, 0.25) is 5.91 Å². The molecule has 0 saturated carbocycles. The molecule has 146 valence electrons. The van der Waals surface area contributed by atoms with Gasteiger partial charge in [-0.2, -0.15) is 0 Å². The van der Waals surface area contributed by atoms with Crippen LogP contribution in [0.2, 0.25) is 0 Å². The molecule has 7 heteroatoms. The minimum atomic E-state index is 0.179. The molecule has 4 rings (SSSR count). The fourth-order valence-corrected chi connectivity index (χ4v) is 4.14. The number of amides is 1. The molecule has 1 saturated heterocycles. The van der Waals surface area contributed by atoms with E-state index in [1.807, 2.05) is 70.2 Å². The van der Waals surface area contributed by atoms with E-state index in [2.05, 4.69) is 9.88 Å². The number of pyridine rings is 1. The van der Waals surface area contributed by atoms with E-state index in [1.54, 1.807) is 0 Å². The number of nitrogens with zero attached hydrogens (tertiary/aromatic N) is 4. The number of rotatable bonds is 7. The van der Waals surface area contributed by atoms with Crippen LogP contribution in [0.3, 0.4) is 0 Å². The van der Waals surface area contributed by atoms with Crippen LogP contribution >= 0.6 is 11.8 Å². The van der Waals surface area contributed by atoms with Gasteiger partial charge in [-0.05, 0) is 24.3 Å². The van der Waals surface area contributed by atoms with Crippen LogP contribution in [0.15, 0.2) is 66.1 Å². The summed E-state index contributed by atoms with van der Waals surface area (Å²) in [6, 6.07) is 15.8. The number of ether oxygens (including phenoxy) is 1. The first-order valence-electron chi connectivity index (χ1n) is 9.52. The summed E-state index contributed by atoms with van der Waals surface area (Å²) in [6.07, 6.45) is 3.81. The van der Waals surface area contributed by atoms with E-state index in [0.29, 0.717) is 12.4 Å². The van der Waals surface area contributed by atoms with Crippen molar-refractivity contribution in [2.45, 2.75) is 5.16 Å². The number of thioether (sulfide) groups is 1. The highest BCUT2D eigenvalue weighted by atomic mass is 32.2. The van der Waals surface area contributed by atoms with Crippen molar-refractivity contribution in [3.05, 3.63) is 60.9 Å². The smallest absolute Gasteiger partial charge is 0.233 e. The Bertz CT molecular complexity index is 907. The molecule has 0 N–H and O–H groups in total. The van der Waals surface area contributed by atoms with Crippen LogP contribution in [0.25, 0.3) is 5.52 Å². The number of benzene rings is 1.